The predicted molar refractivity (Wildman–Crippen MR) is 106 cm³/mol. The highest BCUT2D eigenvalue weighted by molar-refractivity contribution is 7.88. The van der Waals surface area contributed by atoms with Crippen molar-refractivity contribution in [2.24, 2.45) is 5.92 Å². The second-order valence-electron chi connectivity index (χ2n) is 7.69. The number of carboxylic acid groups (broad SMARTS) is 1. The van der Waals surface area contributed by atoms with Crippen LogP contribution in [0.4, 0.5) is 13.2 Å². The number of para-hydroxylation sites is 1. The van der Waals surface area contributed by atoms with E-state index in [4.69, 9.17) is 4.42 Å². The van der Waals surface area contributed by atoms with E-state index >= 15 is 0 Å². The summed E-state index contributed by atoms with van der Waals surface area (Å²) in [6.07, 6.45) is 1.52. The molecule has 1 aliphatic heterocycles. The molecule has 0 amide bonds. The van der Waals surface area contributed by atoms with Crippen molar-refractivity contribution >= 4 is 27.1 Å². The van der Waals surface area contributed by atoms with E-state index in [1.807, 2.05) is 13.8 Å². The molecule has 0 fully saturated rings. The molecule has 1 atom stereocenters. The standard InChI is InChI=1S/C20H16F3NO7S/c1-9(2)13-6-11-10-4-3-5-16(31-32(28,29)20(21,22)23)18(10)30-17(11)14-7-15(25)12(19(26)27)8-24(13)14/h3-5,7-9,13H,6H2,1-2H3,(H,26,27). The molecule has 1 aromatic carbocycles. The number of benzene rings is 1. The highest BCUT2D eigenvalue weighted by Crippen LogP contribution is 2.45. The third-order valence-electron chi connectivity index (χ3n) is 5.35. The van der Waals surface area contributed by atoms with E-state index in [2.05, 4.69) is 4.18 Å². The molecule has 0 bridgehead atoms. The summed E-state index contributed by atoms with van der Waals surface area (Å²) in [6.45, 7) is 3.79. The number of aromatic carboxylic acids is 1. The molecule has 12 heteroatoms. The van der Waals surface area contributed by atoms with Crippen LogP contribution in [0.15, 0.2) is 39.7 Å². The number of alkyl halides is 3. The van der Waals surface area contributed by atoms with E-state index in [0.29, 0.717) is 17.4 Å². The van der Waals surface area contributed by atoms with E-state index in [0.717, 1.165) is 12.1 Å². The molecule has 1 N–H and O–H groups in total. The molecule has 3 heterocycles. The molecule has 0 radical (unpaired) electrons. The Kier molecular flexibility index (Phi) is 4.88. The van der Waals surface area contributed by atoms with Gasteiger partial charge in [-0.25, -0.2) is 4.79 Å². The lowest BCUT2D eigenvalue weighted by molar-refractivity contribution is -0.0499. The molecule has 0 saturated heterocycles. The van der Waals surface area contributed by atoms with Crippen molar-refractivity contribution < 1.29 is 40.1 Å². The minimum atomic E-state index is -5.93. The molecule has 0 spiro atoms. The Morgan fingerprint density at radius 3 is 2.59 bits per heavy atom. The molecule has 1 aliphatic rings. The van der Waals surface area contributed by atoms with Crippen molar-refractivity contribution in [3.05, 3.63) is 51.8 Å². The highest BCUT2D eigenvalue weighted by atomic mass is 32.2. The molecule has 0 saturated carbocycles. The van der Waals surface area contributed by atoms with Gasteiger partial charge >= 0.3 is 21.6 Å². The summed E-state index contributed by atoms with van der Waals surface area (Å²) in [5, 5.41) is 9.64. The van der Waals surface area contributed by atoms with Gasteiger partial charge in [-0.1, -0.05) is 26.0 Å². The first-order valence-electron chi connectivity index (χ1n) is 9.37. The second-order valence-corrected chi connectivity index (χ2v) is 9.23. The average Bonchev–Trinajstić information content (AvgIpc) is 3.05. The van der Waals surface area contributed by atoms with Crippen molar-refractivity contribution in [3.63, 3.8) is 0 Å². The number of hydrogen-bond acceptors (Lipinski definition) is 6. The molecule has 8 nitrogen and oxygen atoms in total. The van der Waals surface area contributed by atoms with Crippen molar-refractivity contribution in [1.29, 1.82) is 0 Å². The first-order valence-corrected chi connectivity index (χ1v) is 10.8. The molecular weight excluding hydrogens is 455 g/mol. The fourth-order valence-electron chi connectivity index (χ4n) is 3.82. The third kappa shape index (κ3) is 3.34. The monoisotopic (exact) mass is 471 g/mol. The number of carboxylic acids is 1. The van der Waals surface area contributed by atoms with E-state index in [1.54, 1.807) is 10.6 Å². The Labute approximate surface area is 179 Å². The van der Waals surface area contributed by atoms with Crippen LogP contribution in [0.1, 0.15) is 35.8 Å². The van der Waals surface area contributed by atoms with Gasteiger partial charge in [0.05, 0.1) is 5.69 Å². The van der Waals surface area contributed by atoms with Crippen molar-refractivity contribution in [2.45, 2.75) is 31.8 Å². The minimum Gasteiger partial charge on any atom is -0.477 e. The number of aromatic nitrogens is 1. The largest absolute Gasteiger partial charge is 0.534 e. The van der Waals surface area contributed by atoms with Gasteiger partial charge in [-0.3, -0.25) is 4.79 Å². The SMILES string of the molecule is CC(C)C1Cc2c(oc3c(OS(=O)(=O)C(F)(F)F)cccc23)-c2cc(=O)c(C(=O)O)cn21. The smallest absolute Gasteiger partial charge is 0.477 e. The Bertz CT molecular complexity index is 1420. The summed E-state index contributed by atoms with van der Waals surface area (Å²) in [5.74, 6) is -1.92. The van der Waals surface area contributed by atoms with Crippen LogP contribution in [-0.4, -0.2) is 29.6 Å². The lowest BCUT2D eigenvalue weighted by atomic mass is 9.89. The van der Waals surface area contributed by atoms with Crippen LogP contribution in [0, 0.1) is 5.92 Å². The maximum absolute atomic E-state index is 12.8. The first kappa shape index (κ1) is 21.9. The number of furan rings is 1. The van der Waals surface area contributed by atoms with Crippen LogP contribution < -0.4 is 9.61 Å². The van der Waals surface area contributed by atoms with Crippen molar-refractivity contribution in [3.8, 4) is 17.2 Å². The fourth-order valence-corrected chi connectivity index (χ4v) is 4.28. The van der Waals surface area contributed by atoms with E-state index in [9.17, 15) is 36.3 Å². The summed E-state index contributed by atoms with van der Waals surface area (Å²) in [5.41, 5.74) is -6.26. The quantitative estimate of drug-likeness (QED) is 0.453. The van der Waals surface area contributed by atoms with Gasteiger partial charge in [0.25, 0.3) is 0 Å². The molecule has 170 valence electrons. The lowest BCUT2D eigenvalue weighted by Gasteiger charge is -2.31. The van der Waals surface area contributed by atoms with Gasteiger partial charge in [0, 0.05) is 29.3 Å². The summed E-state index contributed by atoms with van der Waals surface area (Å²) in [6, 6.07) is 4.70. The predicted octanol–water partition coefficient (Wildman–Crippen LogP) is 3.94. The van der Waals surface area contributed by atoms with Crippen LogP contribution in [0.2, 0.25) is 0 Å². The molecule has 32 heavy (non-hydrogen) atoms. The molecule has 0 aliphatic carbocycles. The molecule has 4 rings (SSSR count). The number of pyridine rings is 1. The minimum absolute atomic E-state index is 0.0129. The van der Waals surface area contributed by atoms with Gasteiger partial charge in [0.2, 0.25) is 0 Å². The fraction of sp³-hybridized carbons (Fsp3) is 0.300. The maximum Gasteiger partial charge on any atom is 0.534 e. The van der Waals surface area contributed by atoms with Gasteiger partial charge in [-0.15, -0.1) is 0 Å². The zero-order chi connectivity index (χ0) is 23.6. The van der Waals surface area contributed by atoms with Gasteiger partial charge in [0.1, 0.15) is 5.56 Å². The Hall–Kier alpha value is -3.28. The topological polar surface area (TPSA) is 116 Å². The zero-order valence-electron chi connectivity index (χ0n) is 16.6. The number of nitrogens with zero attached hydrogens (tertiary/aromatic N) is 1. The maximum atomic E-state index is 12.8. The molecule has 2 aromatic heterocycles. The number of hydrogen-bond donors (Lipinski definition) is 1. The van der Waals surface area contributed by atoms with Gasteiger partial charge in [-0.05, 0) is 18.4 Å². The normalized spacial score (nSPS) is 16.1. The molecular formula is C20H16F3NO7S. The summed E-state index contributed by atoms with van der Waals surface area (Å²) in [7, 11) is -5.93. The van der Waals surface area contributed by atoms with Crippen LogP contribution in [0.25, 0.3) is 22.4 Å². The average molecular weight is 471 g/mol. The Balaban J connectivity index is 1.97. The summed E-state index contributed by atoms with van der Waals surface area (Å²) >= 11 is 0. The van der Waals surface area contributed by atoms with E-state index < -0.39 is 38.3 Å². The third-order valence-corrected chi connectivity index (χ3v) is 6.31. The number of carbonyl (C=O) groups is 1. The molecule has 1 unspecified atom stereocenters. The number of halogens is 3. The summed E-state index contributed by atoms with van der Waals surface area (Å²) < 4.78 is 73.0. The van der Waals surface area contributed by atoms with E-state index in [1.165, 1.54) is 12.3 Å². The van der Waals surface area contributed by atoms with Crippen molar-refractivity contribution in [1.82, 2.24) is 4.57 Å². The van der Waals surface area contributed by atoms with Crippen LogP contribution >= 0.6 is 0 Å². The zero-order valence-corrected chi connectivity index (χ0v) is 17.5. The summed E-state index contributed by atoms with van der Waals surface area (Å²) in [4.78, 5) is 23.8. The van der Waals surface area contributed by atoms with Gasteiger partial charge in [0.15, 0.2) is 22.5 Å². The van der Waals surface area contributed by atoms with Crippen molar-refractivity contribution in [2.75, 3.05) is 0 Å². The Morgan fingerprint density at radius 2 is 2.00 bits per heavy atom. The second kappa shape index (κ2) is 7.12. The van der Waals surface area contributed by atoms with Gasteiger partial charge < -0.3 is 18.3 Å². The molecule has 3 aromatic rings. The number of rotatable bonds is 4. The first-order chi connectivity index (χ1) is 14.8. The Morgan fingerprint density at radius 1 is 1.31 bits per heavy atom. The van der Waals surface area contributed by atoms with E-state index in [-0.39, 0.29) is 29.0 Å². The lowest BCUT2D eigenvalue weighted by Crippen LogP contribution is -2.28. The van der Waals surface area contributed by atoms with Gasteiger partial charge in [-0.2, -0.15) is 21.6 Å². The highest BCUT2D eigenvalue weighted by Gasteiger charge is 2.49. The van der Waals surface area contributed by atoms with Crippen LogP contribution in [0.5, 0.6) is 5.75 Å². The van der Waals surface area contributed by atoms with Crippen LogP contribution in [-0.2, 0) is 16.5 Å². The van der Waals surface area contributed by atoms with Crippen LogP contribution in [0.3, 0.4) is 0 Å². The number of fused-ring (bicyclic) bond motifs is 5.